The molecule has 1 aliphatic heterocycles. The summed E-state index contributed by atoms with van der Waals surface area (Å²) in [5.74, 6) is -2.62. The molecule has 0 spiro atoms. The highest BCUT2D eigenvalue weighted by Gasteiger charge is 2.64. The van der Waals surface area contributed by atoms with Gasteiger partial charge in [-0.25, -0.2) is 0 Å². The summed E-state index contributed by atoms with van der Waals surface area (Å²) < 4.78 is 0. The third-order valence-electron chi connectivity index (χ3n) is 8.29. The minimum atomic E-state index is -1.60. The Morgan fingerprint density at radius 2 is 1.38 bits per heavy atom. The van der Waals surface area contributed by atoms with Gasteiger partial charge in [0.1, 0.15) is 0 Å². The smallest absolute Gasteiger partial charge is 0.231 e. The van der Waals surface area contributed by atoms with Crippen molar-refractivity contribution in [3.63, 3.8) is 0 Å². The molecule has 1 saturated carbocycles. The minimum Gasteiger partial charge on any atom is -0.375 e. The largest absolute Gasteiger partial charge is 0.375 e. The minimum absolute atomic E-state index is 0.264. The summed E-state index contributed by atoms with van der Waals surface area (Å²) in [7, 11) is 0. The predicted octanol–water partition coefficient (Wildman–Crippen LogP) is 4.29. The van der Waals surface area contributed by atoms with E-state index in [4.69, 9.17) is 4.98 Å². The molecule has 4 aromatic rings. The van der Waals surface area contributed by atoms with E-state index in [1.165, 1.54) is 0 Å². The van der Waals surface area contributed by atoms with Crippen molar-refractivity contribution < 1.29 is 14.7 Å². The predicted molar refractivity (Wildman–Crippen MR) is 146 cm³/mol. The lowest BCUT2D eigenvalue weighted by Crippen LogP contribution is -2.38. The molecule has 2 aromatic carbocycles. The molecule has 1 saturated heterocycles. The van der Waals surface area contributed by atoms with Gasteiger partial charge >= 0.3 is 0 Å². The Morgan fingerprint density at radius 3 is 2.05 bits per heavy atom. The molecular weight excluding hydrogens is 486 g/mol. The number of benzene rings is 2. The number of fused-ring (bicyclic) bond motifs is 5. The van der Waals surface area contributed by atoms with E-state index >= 15 is 0 Å². The Balaban J connectivity index is 1.53. The lowest BCUT2D eigenvalue weighted by atomic mass is 9.71. The summed E-state index contributed by atoms with van der Waals surface area (Å²) in [4.78, 5) is 35.7. The number of amides is 2. The average Bonchev–Trinajstić information content (AvgIpc) is 3.63. The van der Waals surface area contributed by atoms with Crippen LogP contribution in [0.5, 0.6) is 0 Å². The summed E-state index contributed by atoms with van der Waals surface area (Å²) in [5.41, 5.74) is 3.74. The maximum absolute atomic E-state index is 13.3. The fourth-order valence-electron chi connectivity index (χ4n) is 6.77. The van der Waals surface area contributed by atoms with Crippen LogP contribution in [0.4, 0.5) is 0 Å². The van der Waals surface area contributed by atoms with Crippen LogP contribution in [0.2, 0.25) is 0 Å². The van der Waals surface area contributed by atoms with Gasteiger partial charge in [-0.1, -0.05) is 78.9 Å². The van der Waals surface area contributed by atoms with E-state index < -0.39 is 23.4 Å². The Bertz CT molecular complexity index is 1550. The summed E-state index contributed by atoms with van der Waals surface area (Å²) >= 11 is 0. The molecule has 2 aliphatic carbocycles. The van der Waals surface area contributed by atoms with Crippen LogP contribution in [0.1, 0.15) is 22.5 Å². The number of aliphatic hydroxyl groups is 1. The summed E-state index contributed by atoms with van der Waals surface area (Å²) in [6.45, 7) is 0. The quantitative estimate of drug-likeness (QED) is 0.308. The molecule has 0 radical (unpaired) electrons. The Labute approximate surface area is 225 Å². The molecule has 6 heteroatoms. The number of pyridine rings is 2. The number of carbonyl (C=O) groups excluding carboxylic acids is 2. The number of hydrogen-bond acceptors (Lipinski definition) is 5. The van der Waals surface area contributed by atoms with E-state index in [-0.39, 0.29) is 17.7 Å². The van der Waals surface area contributed by atoms with Crippen molar-refractivity contribution in [1.29, 1.82) is 0 Å². The molecule has 2 aromatic heterocycles. The van der Waals surface area contributed by atoms with Crippen molar-refractivity contribution in [2.24, 2.45) is 23.7 Å². The van der Waals surface area contributed by atoms with E-state index in [1.54, 1.807) is 18.5 Å². The molecule has 5 atom stereocenters. The molecule has 3 heterocycles. The van der Waals surface area contributed by atoms with Gasteiger partial charge in [-0.2, -0.15) is 0 Å². The molecule has 2 bridgehead atoms. The summed E-state index contributed by atoms with van der Waals surface area (Å²) in [5, 5.41) is 15.3. The first kappa shape index (κ1) is 23.4. The van der Waals surface area contributed by atoms with Crippen LogP contribution in [0.25, 0.3) is 5.57 Å². The Kier molecular flexibility index (Phi) is 5.39. The van der Waals surface area contributed by atoms with E-state index in [1.807, 2.05) is 97.1 Å². The molecule has 39 heavy (non-hydrogen) atoms. The van der Waals surface area contributed by atoms with Gasteiger partial charge in [-0.3, -0.25) is 24.9 Å². The van der Waals surface area contributed by atoms with E-state index in [0.29, 0.717) is 16.8 Å². The normalized spacial score (nSPS) is 26.0. The number of rotatable bonds is 5. The molecule has 3 aliphatic rings. The van der Waals surface area contributed by atoms with Crippen LogP contribution in [0, 0.1) is 23.7 Å². The Morgan fingerprint density at radius 1 is 0.744 bits per heavy atom. The summed E-state index contributed by atoms with van der Waals surface area (Å²) in [6, 6.07) is 30.6. The van der Waals surface area contributed by atoms with Crippen molar-refractivity contribution >= 4 is 17.4 Å². The fraction of sp³-hybridized carbons (Fsp3) is 0.152. The highest BCUT2D eigenvalue weighted by molar-refractivity contribution is 6.08. The van der Waals surface area contributed by atoms with Crippen LogP contribution in [-0.4, -0.2) is 26.9 Å². The summed E-state index contributed by atoms with van der Waals surface area (Å²) in [6.07, 6.45) is 5.41. The van der Waals surface area contributed by atoms with Gasteiger partial charge in [0.25, 0.3) is 0 Å². The highest BCUT2D eigenvalue weighted by atomic mass is 16.3. The highest BCUT2D eigenvalue weighted by Crippen LogP contribution is 2.63. The van der Waals surface area contributed by atoms with Gasteiger partial charge < -0.3 is 5.11 Å². The number of nitrogens with zero attached hydrogens (tertiary/aromatic N) is 2. The zero-order valence-electron chi connectivity index (χ0n) is 20.9. The number of allylic oxidation sites excluding steroid dienone is 2. The molecule has 2 amide bonds. The molecule has 7 rings (SSSR count). The standard InChI is InChI=1S/C33H25N3O3/c37-31-28-22-19-23(33(39,21-13-5-2-6-14-21)25-16-8-10-18-35-25)29(30(28)32(38)36-31)27(22)26(20-11-3-1-4-12-20)24-15-7-9-17-34-24/h1-19,22,28-30,39H,(H,36,37,38)/b27-26+/t22?,28-,29?,30-,33?/m1/s1. The fourth-order valence-corrected chi connectivity index (χ4v) is 6.77. The van der Waals surface area contributed by atoms with Crippen molar-refractivity contribution in [2.75, 3.05) is 0 Å². The molecular formula is C33H25N3O3. The van der Waals surface area contributed by atoms with Gasteiger partial charge in [-0.15, -0.1) is 0 Å². The maximum Gasteiger partial charge on any atom is 0.231 e. The average molecular weight is 512 g/mol. The van der Waals surface area contributed by atoms with Gasteiger partial charge in [0.05, 0.1) is 23.2 Å². The molecule has 2 fully saturated rings. The van der Waals surface area contributed by atoms with Crippen LogP contribution >= 0.6 is 0 Å². The molecule has 2 N–H and O–H groups in total. The first-order valence-electron chi connectivity index (χ1n) is 13.1. The van der Waals surface area contributed by atoms with Crippen LogP contribution in [-0.2, 0) is 15.2 Å². The first-order valence-corrected chi connectivity index (χ1v) is 13.1. The number of carbonyl (C=O) groups is 2. The number of hydrogen-bond donors (Lipinski definition) is 2. The lowest BCUT2D eigenvalue weighted by Gasteiger charge is -2.36. The van der Waals surface area contributed by atoms with Gasteiger partial charge in [0.15, 0.2) is 5.60 Å². The van der Waals surface area contributed by atoms with E-state index in [9.17, 15) is 14.7 Å². The topological polar surface area (TPSA) is 92.2 Å². The van der Waals surface area contributed by atoms with E-state index in [2.05, 4.69) is 10.3 Å². The zero-order chi connectivity index (χ0) is 26.6. The number of imide groups is 1. The van der Waals surface area contributed by atoms with Crippen molar-refractivity contribution in [1.82, 2.24) is 15.3 Å². The van der Waals surface area contributed by atoms with Crippen molar-refractivity contribution in [2.45, 2.75) is 5.60 Å². The number of nitrogens with one attached hydrogen (secondary N) is 1. The monoisotopic (exact) mass is 511 g/mol. The van der Waals surface area contributed by atoms with Crippen LogP contribution in [0.15, 0.2) is 127 Å². The van der Waals surface area contributed by atoms with Gasteiger partial charge in [0.2, 0.25) is 11.8 Å². The first-order chi connectivity index (χ1) is 19.1. The van der Waals surface area contributed by atoms with Crippen LogP contribution in [0.3, 0.4) is 0 Å². The third kappa shape index (κ3) is 3.45. The van der Waals surface area contributed by atoms with Crippen molar-refractivity contribution in [3.05, 3.63) is 149 Å². The molecule has 3 unspecified atom stereocenters. The molecule has 6 nitrogen and oxygen atoms in total. The van der Waals surface area contributed by atoms with Crippen LogP contribution < -0.4 is 5.32 Å². The second-order valence-corrected chi connectivity index (χ2v) is 10.2. The Hall–Kier alpha value is -4.68. The lowest BCUT2D eigenvalue weighted by molar-refractivity contribution is -0.126. The third-order valence-corrected chi connectivity index (χ3v) is 8.29. The second-order valence-electron chi connectivity index (χ2n) is 10.2. The van der Waals surface area contributed by atoms with Crippen molar-refractivity contribution in [3.8, 4) is 0 Å². The SMILES string of the molecule is O=C1NC(=O)[C@H]2C3C(C(O)(c4ccccc4)c4ccccn4)=CC(/C3=C(/c3ccccc3)c3ccccn3)[C@@H]12. The van der Waals surface area contributed by atoms with Gasteiger partial charge in [-0.05, 0) is 46.5 Å². The second kappa shape index (κ2) is 8.96. The maximum atomic E-state index is 13.3. The van der Waals surface area contributed by atoms with E-state index in [0.717, 1.165) is 22.4 Å². The zero-order valence-corrected chi connectivity index (χ0v) is 20.9. The molecule has 190 valence electrons. The van der Waals surface area contributed by atoms with Gasteiger partial charge in [0, 0.05) is 29.8 Å². The number of aromatic nitrogens is 2.